The maximum atomic E-state index is 11.9. The Morgan fingerprint density at radius 3 is 2.77 bits per heavy atom. The molecule has 0 spiro atoms. The summed E-state index contributed by atoms with van der Waals surface area (Å²) in [4.78, 5) is 11.9. The Balaban J connectivity index is 1.84. The van der Waals surface area contributed by atoms with Crippen LogP contribution in [0.25, 0.3) is 0 Å². The molecule has 0 atom stereocenters. The Morgan fingerprint density at radius 2 is 2.09 bits per heavy atom. The van der Waals surface area contributed by atoms with Crippen LogP contribution in [-0.4, -0.2) is 28.0 Å². The molecule has 7 heteroatoms. The highest BCUT2D eigenvalue weighted by atomic mass is 32.2. The van der Waals surface area contributed by atoms with E-state index in [0.29, 0.717) is 16.1 Å². The molecule has 0 radical (unpaired) electrons. The fourth-order valence-electron chi connectivity index (χ4n) is 1.62. The first kappa shape index (κ1) is 16.8. The molecular formula is C15H19N3O2S2. The van der Waals surface area contributed by atoms with Crippen molar-refractivity contribution < 1.29 is 9.53 Å². The summed E-state index contributed by atoms with van der Waals surface area (Å²) in [6.45, 7) is 8.17. The fraction of sp³-hybridized carbons (Fsp3) is 0.400. The number of nitrogens with zero attached hydrogens (tertiary/aromatic N) is 2. The molecule has 2 aromatic rings. The number of carbonyl (C=O) groups excluding carboxylic acids is 1. The van der Waals surface area contributed by atoms with Gasteiger partial charge in [0.05, 0.1) is 0 Å². The average molecular weight is 337 g/mol. The Bertz CT molecular complexity index is 656. The van der Waals surface area contributed by atoms with Crippen molar-refractivity contribution in [2.45, 2.75) is 37.3 Å². The number of aryl methyl sites for hydroxylation is 2. The quantitative estimate of drug-likeness (QED) is 0.643. The van der Waals surface area contributed by atoms with E-state index in [0.717, 1.165) is 9.90 Å². The first-order valence-electron chi connectivity index (χ1n) is 6.94. The van der Waals surface area contributed by atoms with Crippen LogP contribution in [0.2, 0.25) is 0 Å². The second kappa shape index (κ2) is 7.60. The van der Waals surface area contributed by atoms with E-state index in [2.05, 4.69) is 29.4 Å². The molecule has 0 saturated carbocycles. The third-order valence-corrected chi connectivity index (χ3v) is 4.76. The predicted octanol–water partition coefficient (Wildman–Crippen LogP) is 3.67. The van der Waals surface area contributed by atoms with Crippen LogP contribution < -0.4 is 10.1 Å². The minimum Gasteiger partial charge on any atom is -0.484 e. The number of hydrogen-bond acceptors (Lipinski definition) is 6. The third kappa shape index (κ3) is 4.99. The number of ether oxygens (including phenoxy) is 1. The van der Waals surface area contributed by atoms with Gasteiger partial charge in [-0.05, 0) is 37.1 Å². The minimum absolute atomic E-state index is 0.0469. The standard InChI is InChI=1S/C15H19N3O2S2/c1-9(2)21-15-18-17-14(22-15)16-13(19)8-20-12-6-5-10(3)11(4)7-12/h5-7,9H,8H2,1-4H3,(H,16,17,19). The highest BCUT2D eigenvalue weighted by molar-refractivity contribution is 8.01. The van der Waals surface area contributed by atoms with Gasteiger partial charge in [-0.2, -0.15) is 0 Å². The number of benzene rings is 1. The van der Waals surface area contributed by atoms with Crippen LogP contribution in [0.4, 0.5) is 5.13 Å². The minimum atomic E-state index is -0.240. The molecule has 0 aliphatic rings. The molecule has 1 N–H and O–H groups in total. The van der Waals surface area contributed by atoms with E-state index in [1.54, 1.807) is 11.8 Å². The molecule has 22 heavy (non-hydrogen) atoms. The van der Waals surface area contributed by atoms with Crippen LogP contribution in [-0.2, 0) is 4.79 Å². The lowest BCUT2D eigenvalue weighted by Crippen LogP contribution is -2.20. The SMILES string of the molecule is Cc1ccc(OCC(=O)Nc2nnc(SC(C)C)s2)cc1C. The molecule has 2 rings (SSSR count). The van der Waals surface area contributed by atoms with E-state index in [1.165, 1.54) is 16.9 Å². The summed E-state index contributed by atoms with van der Waals surface area (Å²) >= 11 is 2.99. The van der Waals surface area contributed by atoms with Crippen LogP contribution in [0.15, 0.2) is 22.5 Å². The van der Waals surface area contributed by atoms with Gasteiger partial charge < -0.3 is 4.74 Å². The molecular weight excluding hydrogens is 318 g/mol. The van der Waals surface area contributed by atoms with Crippen LogP contribution in [0.1, 0.15) is 25.0 Å². The molecule has 118 valence electrons. The van der Waals surface area contributed by atoms with Gasteiger partial charge in [0.2, 0.25) is 5.13 Å². The lowest BCUT2D eigenvalue weighted by Gasteiger charge is -2.07. The van der Waals surface area contributed by atoms with Gasteiger partial charge in [-0.25, -0.2) is 0 Å². The van der Waals surface area contributed by atoms with Crippen molar-refractivity contribution >= 4 is 34.1 Å². The van der Waals surface area contributed by atoms with Crippen molar-refractivity contribution in [3.8, 4) is 5.75 Å². The summed E-state index contributed by atoms with van der Waals surface area (Å²) < 4.78 is 6.33. The van der Waals surface area contributed by atoms with E-state index in [1.807, 2.05) is 32.0 Å². The van der Waals surface area contributed by atoms with Crippen molar-refractivity contribution in [2.75, 3.05) is 11.9 Å². The van der Waals surface area contributed by atoms with E-state index in [9.17, 15) is 4.79 Å². The zero-order valence-electron chi connectivity index (χ0n) is 13.0. The van der Waals surface area contributed by atoms with Gasteiger partial charge in [0.25, 0.3) is 5.91 Å². The maximum absolute atomic E-state index is 11.9. The molecule has 1 amide bonds. The summed E-state index contributed by atoms with van der Waals surface area (Å²) in [5.74, 6) is 0.446. The predicted molar refractivity (Wildman–Crippen MR) is 90.9 cm³/mol. The van der Waals surface area contributed by atoms with E-state index < -0.39 is 0 Å². The third-order valence-electron chi connectivity index (χ3n) is 2.84. The highest BCUT2D eigenvalue weighted by Crippen LogP contribution is 2.28. The number of thioether (sulfide) groups is 1. The van der Waals surface area contributed by atoms with E-state index in [-0.39, 0.29) is 12.5 Å². The molecule has 0 unspecified atom stereocenters. The number of carbonyl (C=O) groups is 1. The Hall–Kier alpha value is -1.60. The summed E-state index contributed by atoms with van der Waals surface area (Å²) in [7, 11) is 0. The summed E-state index contributed by atoms with van der Waals surface area (Å²) in [6.07, 6.45) is 0. The number of nitrogens with one attached hydrogen (secondary N) is 1. The molecule has 1 heterocycles. The van der Waals surface area contributed by atoms with Gasteiger partial charge in [0.15, 0.2) is 10.9 Å². The van der Waals surface area contributed by atoms with Gasteiger partial charge >= 0.3 is 0 Å². The number of amides is 1. The Kier molecular flexibility index (Phi) is 5.79. The average Bonchev–Trinajstić information content (AvgIpc) is 2.86. The number of anilines is 1. The monoisotopic (exact) mass is 337 g/mol. The van der Waals surface area contributed by atoms with Crippen LogP contribution in [0.3, 0.4) is 0 Å². The fourth-order valence-corrected chi connectivity index (χ4v) is 3.61. The highest BCUT2D eigenvalue weighted by Gasteiger charge is 2.10. The molecule has 0 saturated heterocycles. The second-order valence-corrected chi connectivity index (χ2v) is 7.92. The van der Waals surface area contributed by atoms with Crippen molar-refractivity contribution in [3.05, 3.63) is 29.3 Å². The molecule has 0 bridgehead atoms. The van der Waals surface area contributed by atoms with Crippen molar-refractivity contribution in [2.24, 2.45) is 0 Å². The molecule has 5 nitrogen and oxygen atoms in total. The summed E-state index contributed by atoms with van der Waals surface area (Å²) in [6, 6.07) is 5.76. The zero-order valence-corrected chi connectivity index (χ0v) is 14.7. The molecule has 1 aromatic heterocycles. The summed E-state index contributed by atoms with van der Waals surface area (Å²) in [5, 5.41) is 11.6. The summed E-state index contributed by atoms with van der Waals surface area (Å²) in [5.41, 5.74) is 2.33. The van der Waals surface area contributed by atoms with Crippen molar-refractivity contribution in [1.82, 2.24) is 10.2 Å². The smallest absolute Gasteiger partial charge is 0.264 e. The van der Waals surface area contributed by atoms with Gasteiger partial charge in [0, 0.05) is 5.25 Å². The molecule has 0 aliphatic heterocycles. The van der Waals surface area contributed by atoms with Gasteiger partial charge in [-0.3, -0.25) is 10.1 Å². The molecule has 0 aliphatic carbocycles. The van der Waals surface area contributed by atoms with Gasteiger partial charge in [-0.1, -0.05) is 43.0 Å². The number of aromatic nitrogens is 2. The Labute approximate surface area is 138 Å². The van der Waals surface area contributed by atoms with Crippen LogP contribution >= 0.6 is 23.1 Å². The molecule has 1 aromatic carbocycles. The van der Waals surface area contributed by atoms with Gasteiger partial charge in [-0.15, -0.1) is 10.2 Å². The normalized spacial score (nSPS) is 10.8. The zero-order chi connectivity index (χ0) is 16.1. The lowest BCUT2D eigenvalue weighted by molar-refractivity contribution is -0.118. The van der Waals surface area contributed by atoms with E-state index in [4.69, 9.17) is 4.74 Å². The first-order valence-corrected chi connectivity index (χ1v) is 8.63. The van der Waals surface area contributed by atoms with Crippen molar-refractivity contribution in [3.63, 3.8) is 0 Å². The number of rotatable bonds is 6. The first-order chi connectivity index (χ1) is 10.4. The van der Waals surface area contributed by atoms with Crippen molar-refractivity contribution in [1.29, 1.82) is 0 Å². The second-order valence-electron chi connectivity index (χ2n) is 5.12. The topological polar surface area (TPSA) is 64.1 Å². The molecule has 0 fully saturated rings. The van der Waals surface area contributed by atoms with Gasteiger partial charge in [0.1, 0.15) is 5.75 Å². The van der Waals surface area contributed by atoms with Crippen LogP contribution in [0, 0.1) is 13.8 Å². The van der Waals surface area contributed by atoms with Crippen LogP contribution in [0.5, 0.6) is 5.75 Å². The van der Waals surface area contributed by atoms with E-state index >= 15 is 0 Å². The Morgan fingerprint density at radius 1 is 1.32 bits per heavy atom. The number of hydrogen-bond donors (Lipinski definition) is 1. The largest absolute Gasteiger partial charge is 0.484 e. The lowest BCUT2D eigenvalue weighted by atomic mass is 10.1. The maximum Gasteiger partial charge on any atom is 0.264 e.